The van der Waals surface area contributed by atoms with E-state index in [-0.39, 0.29) is 16.7 Å². The van der Waals surface area contributed by atoms with Crippen molar-refractivity contribution in [3.05, 3.63) is 46.6 Å². The highest BCUT2D eigenvalue weighted by Crippen LogP contribution is 2.30. The Hall–Kier alpha value is -2.24. The summed E-state index contributed by atoms with van der Waals surface area (Å²) in [7, 11) is 0. The van der Waals surface area contributed by atoms with Gasteiger partial charge in [0.1, 0.15) is 0 Å². The number of rotatable bonds is 5. The Balaban J connectivity index is 2.18. The maximum atomic E-state index is 12.9. The Labute approximate surface area is 145 Å². The molecule has 9 heteroatoms. The van der Waals surface area contributed by atoms with Gasteiger partial charge in [0.25, 0.3) is 0 Å². The third kappa shape index (κ3) is 5.44. The maximum absolute atomic E-state index is 12.9. The van der Waals surface area contributed by atoms with Crippen LogP contribution in [0, 0.1) is 12.3 Å². The minimum atomic E-state index is -4.59. The van der Waals surface area contributed by atoms with E-state index in [9.17, 15) is 13.2 Å². The van der Waals surface area contributed by atoms with Crippen molar-refractivity contribution in [2.45, 2.75) is 11.3 Å². The van der Waals surface area contributed by atoms with Crippen LogP contribution in [0.25, 0.3) is 0 Å². The van der Waals surface area contributed by atoms with E-state index in [0.717, 1.165) is 23.4 Å². The Bertz CT molecular complexity index is 770. The van der Waals surface area contributed by atoms with Crippen LogP contribution >= 0.6 is 23.4 Å². The number of thioether (sulfide) groups is 1. The zero-order chi connectivity index (χ0) is 17.6. The van der Waals surface area contributed by atoms with Gasteiger partial charge in [0.15, 0.2) is 16.7 Å². The quantitative estimate of drug-likeness (QED) is 0.280. The smallest absolute Gasteiger partial charge is 0.261 e. The van der Waals surface area contributed by atoms with Crippen molar-refractivity contribution in [3.8, 4) is 12.3 Å². The molecule has 0 aliphatic carbocycles. The van der Waals surface area contributed by atoms with Crippen LogP contribution in [0.3, 0.4) is 0 Å². The highest BCUT2D eigenvalue weighted by molar-refractivity contribution is 7.99. The molecule has 0 amide bonds. The molecule has 0 saturated heterocycles. The third-order valence-electron chi connectivity index (χ3n) is 2.54. The summed E-state index contributed by atoms with van der Waals surface area (Å²) in [6.07, 6.45) is 1.93. The van der Waals surface area contributed by atoms with Gasteiger partial charge in [-0.05, 0) is 17.7 Å². The summed E-state index contributed by atoms with van der Waals surface area (Å²) in [5.41, 5.74) is 2.11. The predicted octanol–water partition coefficient (Wildman–Crippen LogP) is 4.32. The number of anilines is 1. The maximum Gasteiger partial charge on any atom is 0.433 e. The van der Waals surface area contributed by atoms with Crippen LogP contribution in [0.4, 0.5) is 19.0 Å². The third-order valence-corrected chi connectivity index (χ3v) is 3.55. The molecule has 24 heavy (non-hydrogen) atoms. The van der Waals surface area contributed by atoms with Crippen LogP contribution in [0.1, 0.15) is 11.3 Å². The van der Waals surface area contributed by atoms with Gasteiger partial charge in [0.05, 0.1) is 12.0 Å². The van der Waals surface area contributed by atoms with Crippen molar-refractivity contribution >= 4 is 35.4 Å². The standard InChI is InChI=1S/C15H10ClF3N4S/c1-2-7-24-14-21-12(15(17,18)19)8-13(22-14)23-20-9-10-3-5-11(16)6-4-10/h1,3-6,8-9H,7H2,(H,21,22,23)/b20-9+. The minimum absolute atomic E-state index is 0.0769. The number of benzene rings is 1. The molecule has 1 heterocycles. The predicted molar refractivity (Wildman–Crippen MR) is 89.3 cm³/mol. The van der Waals surface area contributed by atoms with Gasteiger partial charge in [0.2, 0.25) is 0 Å². The zero-order valence-corrected chi connectivity index (χ0v) is 13.6. The van der Waals surface area contributed by atoms with Gasteiger partial charge in [-0.25, -0.2) is 9.97 Å². The number of terminal acetylenes is 1. The van der Waals surface area contributed by atoms with Crippen LogP contribution in [-0.4, -0.2) is 21.9 Å². The Morgan fingerprint density at radius 3 is 2.62 bits per heavy atom. The largest absolute Gasteiger partial charge is 0.433 e. The van der Waals surface area contributed by atoms with Gasteiger partial charge < -0.3 is 0 Å². The first-order chi connectivity index (χ1) is 11.4. The van der Waals surface area contributed by atoms with Crippen molar-refractivity contribution in [3.63, 3.8) is 0 Å². The van der Waals surface area contributed by atoms with Crippen molar-refractivity contribution in [2.75, 3.05) is 11.2 Å². The number of nitrogens with zero attached hydrogens (tertiary/aromatic N) is 3. The first-order valence-electron chi connectivity index (χ1n) is 6.45. The van der Waals surface area contributed by atoms with E-state index in [1.54, 1.807) is 24.3 Å². The number of hydrazone groups is 1. The van der Waals surface area contributed by atoms with Crippen LogP contribution < -0.4 is 5.43 Å². The lowest BCUT2D eigenvalue weighted by Gasteiger charge is -2.09. The molecular formula is C15H10ClF3N4S. The Morgan fingerprint density at radius 1 is 1.29 bits per heavy atom. The van der Waals surface area contributed by atoms with E-state index < -0.39 is 11.9 Å². The summed E-state index contributed by atoms with van der Waals surface area (Å²) in [5.74, 6) is 2.38. The number of halogens is 4. The fraction of sp³-hybridized carbons (Fsp3) is 0.133. The molecule has 0 atom stereocenters. The van der Waals surface area contributed by atoms with Gasteiger partial charge in [-0.2, -0.15) is 18.3 Å². The average Bonchev–Trinajstić information content (AvgIpc) is 2.54. The molecule has 0 fully saturated rings. The molecule has 2 aromatic rings. The van der Waals surface area contributed by atoms with Crippen LogP contribution in [0.2, 0.25) is 5.02 Å². The van der Waals surface area contributed by atoms with Gasteiger partial charge in [-0.1, -0.05) is 41.4 Å². The molecule has 1 aromatic heterocycles. The highest BCUT2D eigenvalue weighted by atomic mass is 35.5. The Morgan fingerprint density at radius 2 is 2.00 bits per heavy atom. The molecule has 0 radical (unpaired) electrons. The topological polar surface area (TPSA) is 50.2 Å². The molecule has 0 spiro atoms. The molecule has 4 nitrogen and oxygen atoms in total. The van der Waals surface area contributed by atoms with Crippen molar-refractivity contribution in [2.24, 2.45) is 5.10 Å². The molecule has 0 saturated carbocycles. The van der Waals surface area contributed by atoms with E-state index in [1.807, 2.05) is 0 Å². The second-order valence-corrected chi connectivity index (χ2v) is 5.71. The lowest BCUT2D eigenvalue weighted by Crippen LogP contribution is -2.10. The minimum Gasteiger partial charge on any atom is -0.261 e. The summed E-state index contributed by atoms with van der Waals surface area (Å²) in [5, 5.41) is 4.35. The second kappa shape index (κ2) is 8.04. The number of hydrogen-bond acceptors (Lipinski definition) is 5. The second-order valence-electron chi connectivity index (χ2n) is 4.33. The van der Waals surface area contributed by atoms with Crippen molar-refractivity contribution < 1.29 is 13.2 Å². The lowest BCUT2D eigenvalue weighted by atomic mass is 10.2. The van der Waals surface area contributed by atoms with Gasteiger partial charge in [0, 0.05) is 11.1 Å². The number of alkyl halides is 3. The molecule has 1 aromatic carbocycles. The van der Waals surface area contributed by atoms with E-state index in [0.29, 0.717) is 5.02 Å². The van der Waals surface area contributed by atoms with Crippen LogP contribution in [-0.2, 0) is 6.18 Å². The van der Waals surface area contributed by atoms with E-state index in [1.165, 1.54) is 6.21 Å². The number of hydrogen-bond donors (Lipinski definition) is 1. The molecule has 1 N–H and O–H groups in total. The van der Waals surface area contributed by atoms with Crippen molar-refractivity contribution in [1.82, 2.24) is 9.97 Å². The fourth-order valence-electron chi connectivity index (χ4n) is 1.52. The monoisotopic (exact) mass is 370 g/mol. The summed E-state index contributed by atoms with van der Waals surface area (Å²) >= 11 is 6.69. The summed E-state index contributed by atoms with van der Waals surface area (Å²) in [6.45, 7) is 0. The molecule has 0 aliphatic heterocycles. The molecule has 2 rings (SSSR count). The molecule has 0 aliphatic rings. The zero-order valence-electron chi connectivity index (χ0n) is 12.0. The van der Waals surface area contributed by atoms with Crippen LogP contribution in [0.5, 0.6) is 0 Å². The summed E-state index contributed by atoms with van der Waals surface area (Å²) < 4.78 is 38.6. The normalized spacial score (nSPS) is 11.5. The molecule has 0 unspecified atom stereocenters. The number of nitrogens with one attached hydrogen (secondary N) is 1. The number of aromatic nitrogens is 2. The first-order valence-corrected chi connectivity index (χ1v) is 7.82. The van der Waals surface area contributed by atoms with Gasteiger partial charge in [-0.3, -0.25) is 5.43 Å². The molecule has 0 bridgehead atoms. The fourth-order valence-corrected chi connectivity index (χ4v) is 2.18. The first kappa shape index (κ1) is 18.1. The summed E-state index contributed by atoms with van der Waals surface area (Å²) in [6, 6.07) is 7.54. The van der Waals surface area contributed by atoms with E-state index in [4.69, 9.17) is 18.0 Å². The SMILES string of the molecule is C#CCSc1nc(N/N=C/c2ccc(Cl)cc2)cc(C(F)(F)F)n1. The lowest BCUT2D eigenvalue weighted by molar-refractivity contribution is -0.141. The van der Waals surface area contributed by atoms with E-state index >= 15 is 0 Å². The Kier molecular flexibility index (Phi) is 6.06. The summed E-state index contributed by atoms with van der Waals surface area (Å²) in [4.78, 5) is 7.38. The van der Waals surface area contributed by atoms with Crippen LogP contribution in [0.15, 0.2) is 40.6 Å². The van der Waals surface area contributed by atoms with Gasteiger partial charge in [-0.15, -0.1) is 6.42 Å². The average molecular weight is 371 g/mol. The molecular weight excluding hydrogens is 361 g/mol. The highest BCUT2D eigenvalue weighted by Gasteiger charge is 2.33. The van der Waals surface area contributed by atoms with Gasteiger partial charge >= 0.3 is 6.18 Å². The van der Waals surface area contributed by atoms with E-state index in [2.05, 4.69) is 26.4 Å². The molecule has 124 valence electrons. The van der Waals surface area contributed by atoms with Crippen molar-refractivity contribution in [1.29, 1.82) is 0 Å².